The molecule has 0 saturated heterocycles. The van der Waals surface area contributed by atoms with Gasteiger partial charge in [-0.25, -0.2) is 9.67 Å². The van der Waals surface area contributed by atoms with Crippen molar-refractivity contribution in [3.8, 4) is 5.69 Å². The van der Waals surface area contributed by atoms with Crippen molar-refractivity contribution in [2.75, 3.05) is 0 Å². The summed E-state index contributed by atoms with van der Waals surface area (Å²) in [4.78, 5) is 16.4. The highest BCUT2D eigenvalue weighted by Gasteiger charge is 2.40. The third-order valence-corrected chi connectivity index (χ3v) is 4.77. The number of amides is 1. The number of benzene rings is 1. The predicted molar refractivity (Wildman–Crippen MR) is 78.1 cm³/mol. The summed E-state index contributed by atoms with van der Waals surface area (Å²) in [5, 5.41) is 7.39. The molecule has 0 spiro atoms. The summed E-state index contributed by atoms with van der Waals surface area (Å²) < 4.78 is 1.63. The van der Waals surface area contributed by atoms with Gasteiger partial charge in [0.1, 0.15) is 6.33 Å². The van der Waals surface area contributed by atoms with Gasteiger partial charge in [0.05, 0.1) is 5.69 Å². The minimum atomic E-state index is -0.151. The monoisotopic (exact) mass is 282 g/mol. The quantitative estimate of drug-likeness (QED) is 0.938. The van der Waals surface area contributed by atoms with Crippen molar-refractivity contribution in [2.24, 2.45) is 11.8 Å². The topological polar surface area (TPSA) is 59.8 Å². The molecule has 5 heteroatoms. The Morgan fingerprint density at radius 1 is 1.19 bits per heavy atom. The summed E-state index contributed by atoms with van der Waals surface area (Å²) in [6.07, 6.45) is 6.57. The number of rotatable bonds is 3. The van der Waals surface area contributed by atoms with Crippen LogP contribution >= 0.6 is 0 Å². The Morgan fingerprint density at radius 2 is 2.05 bits per heavy atom. The molecule has 2 aliphatic carbocycles. The second-order valence-corrected chi connectivity index (χ2v) is 6.10. The fourth-order valence-electron chi connectivity index (χ4n) is 3.73. The van der Waals surface area contributed by atoms with Gasteiger partial charge in [-0.15, -0.1) is 5.10 Å². The molecule has 1 N–H and O–H groups in total. The number of nitrogens with one attached hydrogen (secondary N) is 1. The number of aromatic nitrogens is 3. The van der Waals surface area contributed by atoms with Crippen molar-refractivity contribution in [2.45, 2.75) is 31.7 Å². The zero-order valence-electron chi connectivity index (χ0n) is 11.8. The Kier molecular flexibility index (Phi) is 2.98. The minimum absolute atomic E-state index is 0.151. The van der Waals surface area contributed by atoms with Gasteiger partial charge in [-0.3, -0.25) is 4.79 Å². The first kappa shape index (κ1) is 12.6. The molecule has 4 rings (SSSR count). The maximum absolute atomic E-state index is 12.3. The zero-order valence-corrected chi connectivity index (χ0v) is 11.8. The zero-order chi connectivity index (χ0) is 14.2. The Hall–Kier alpha value is -2.17. The van der Waals surface area contributed by atoms with Crippen LogP contribution in [0, 0.1) is 11.8 Å². The lowest BCUT2D eigenvalue weighted by molar-refractivity contribution is 0.0912. The van der Waals surface area contributed by atoms with Crippen molar-refractivity contribution in [3.63, 3.8) is 0 Å². The normalized spacial score (nSPS) is 27.0. The molecule has 1 heterocycles. The fraction of sp³-hybridized carbons (Fsp3) is 0.438. The van der Waals surface area contributed by atoms with Gasteiger partial charge in [0, 0.05) is 6.04 Å². The highest BCUT2D eigenvalue weighted by atomic mass is 16.2. The van der Waals surface area contributed by atoms with E-state index in [1.807, 2.05) is 30.3 Å². The SMILES string of the molecule is O=C(N[C@H]1C[C@H]2CC[C@H]1C2)c1ncn(-c2ccccc2)n1. The van der Waals surface area contributed by atoms with Gasteiger partial charge >= 0.3 is 0 Å². The minimum Gasteiger partial charge on any atom is -0.346 e. The predicted octanol–water partition coefficient (Wildman–Crippen LogP) is 2.19. The van der Waals surface area contributed by atoms with Gasteiger partial charge < -0.3 is 5.32 Å². The van der Waals surface area contributed by atoms with Crippen LogP contribution in [0.15, 0.2) is 36.7 Å². The average Bonchev–Trinajstić information content (AvgIpc) is 3.24. The number of nitrogens with zero attached hydrogens (tertiary/aromatic N) is 3. The molecular weight excluding hydrogens is 264 g/mol. The van der Waals surface area contributed by atoms with E-state index < -0.39 is 0 Å². The molecule has 0 aliphatic heterocycles. The summed E-state index contributed by atoms with van der Waals surface area (Å²) in [6.45, 7) is 0. The highest BCUT2D eigenvalue weighted by Crippen LogP contribution is 2.44. The summed E-state index contributed by atoms with van der Waals surface area (Å²) in [7, 11) is 0. The second kappa shape index (κ2) is 4.98. The maximum atomic E-state index is 12.3. The van der Waals surface area contributed by atoms with Crippen molar-refractivity contribution < 1.29 is 4.79 Å². The van der Waals surface area contributed by atoms with Crippen LogP contribution in [0.25, 0.3) is 5.69 Å². The van der Waals surface area contributed by atoms with Crippen LogP contribution in [0.4, 0.5) is 0 Å². The van der Waals surface area contributed by atoms with E-state index in [2.05, 4.69) is 15.4 Å². The van der Waals surface area contributed by atoms with Crippen LogP contribution in [-0.2, 0) is 0 Å². The molecular formula is C16H18N4O. The largest absolute Gasteiger partial charge is 0.346 e. The summed E-state index contributed by atoms with van der Waals surface area (Å²) in [5.41, 5.74) is 0.906. The number of fused-ring (bicyclic) bond motifs is 2. The number of hydrogen-bond acceptors (Lipinski definition) is 3. The van der Waals surface area contributed by atoms with E-state index in [1.165, 1.54) is 19.3 Å². The van der Waals surface area contributed by atoms with Crippen molar-refractivity contribution in [1.82, 2.24) is 20.1 Å². The molecule has 0 radical (unpaired) electrons. The molecule has 2 aromatic rings. The number of carbonyl (C=O) groups excluding carboxylic acids is 1. The number of carbonyl (C=O) groups is 1. The van der Waals surface area contributed by atoms with E-state index in [1.54, 1.807) is 11.0 Å². The Morgan fingerprint density at radius 3 is 2.76 bits per heavy atom. The standard InChI is InChI=1S/C16H18N4O/c21-16(18-14-9-11-6-7-12(14)8-11)15-17-10-20(19-15)13-4-2-1-3-5-13/h1-5,10-12,14H,6-9H2,(H,18,21)/t11-,12-,14-/m0/s1. The summed E-state index contributed by atoms with van der Waals surface area (Å²) >= 11 is 0. The van der Waals surface area contributed by atoms with Crippen LogP contribution in [0.3, 0.4) is 0 Å². The fourth-order valence-corrected chi connectivity index (χ4v) is 3.73. The van der Waals surface area contributed by atoms with Crippen molar-refractivity contribution in [3.05, 3.63) is 42.5 Å². The molecule has 1 aromatic carbocycles. The number of para-hydroxylation sites is 1. The lowest BCUT2D eigenvalue weighted by Crippen LogP contribution is -2.39. The van der Waals surface area contributed by atoms with Crippen LogP contribution in [0.1, 0.15) is 36.3 Å². The second-order valence-electron chi connectivity index (χ2n) is 6.10. The van der Waals surface area contributed by atoms with E-state index in [9.17, 15) is 4.79 Å². The van der Waals surface area contributed by atoms with Crippen molar-refractivity contribution in [1.29, 1.82) is 0 Å². The van der Waals surface area contributed by atoms with Crippen LogP contribution < -0.4 is 5.32 Å². The molecule has 3 atom stereocenters. The Labute approximate surface area is 123 Å². The maximum Gasteiger partial charge on any atom is 0.291 e. The molecule has 2 bridgehead atoms. The van der Waals surface area contributed by atoms with Gasteiger partial charge in [-0.2, -0.15) is 0 Å². The van der Waals surface area contributed by atoms with Gasteiger partial charge in [-0.1, -0.05) is 24.6 Å². The summed E-state index contributed by atoms with van der Waals surface area (Å²) in [5.74, 6) is 1.58. The van der Waals surface area contributed by atoms with Crippen LogP contribution in [0.5, 0.6) is 0 Å². The van der Waals surface area contributed by atoms with Crippen molar-refractivity contribution >= 4 is 5.91 Å². The van der Waals surface area contributed by atoms with Crippen LogP contribution in [-0.4, -0.2) is 26.7 Å². The first-order valence-corrected chi connectivity index (χ1v) is 7.57. The summed E-state index contributed by atoms with van der Waals surface area (Å²) in [6, 6.07) is 10.0. The van der Waals surface area contributed by atoms with Gasteiger partial charge in [-0.05, 0) is 43.2 Å². The van der Waals surface area contributed by atoms with Gasteiger partial charge in [0.2, 0.25) is 5.82 Å². The highest BCUT2D eigenvalue weighted by molar-refractivity contribution is 5.90. The molecule has 2 fully saturated rings. The van der Waals surface area contributed by atoms with E-state index in [4.69, 9.17) is 0 Å². The van der Waals surface area contributed by atoms with Gasteiger partial charge in [0.25, 0.3) is 5.91 Å². The Balaban J connectivity index is 1.47. The van der Waals surface area contributed by atoms with Gasteiger partial charge in [0.15, 0.2) is 0 Å². The van der Waals surface area contributed by atoms with Crippen LogP contribution in [0.2, 0.25) is 0 Å². The molecule has 108 valence electrons. The smallest absolute Gasteiger partial charge is 0.291 e. The first-order valence-electron chi connectivity index (χ1n) is 7.57. The van der Waals surface area contributed by atoms with E-state index in [0.717, 1.165) is 18.0 Å². The first-order chi connectivity index (χ1) is 10.3. The third kappa shape index (κ3) is 2.33. The lowest BCUT2D eigenvalue weighted by atomic mass is 9.95. The van der Waals surface area contributed by atoms with E-state index >= 15 is 0 Å². The Bertz CT molecular complexity index is 651. The molecule has 21 heavy (non-hydrogen) atoms. The third-order valence-electron chi connectivity index (χ3n) is 4.77. The molecule has 5 nitrogen and oxygen atoms in total. The van der Waals surface area contributed by atoms with E-state index in [0.29, 0.717) is 12.0 Å². The van der Waals surface area contributed by atoms with E-state index in [-0.39, 0.29) is 11.7 Å². The molecule has 1 amide bonds. The number of hydrogen-bond donors (Lipinski definition) is 1. The molecule has 2 saturated carbocycles. The molecule has 2 aliphatic rings. The molecule has 1 aromatic heterocycles. The molecule has 0 unspecified atom stereocenters. The lowest BCUT2D eigenvalue weighted by Gasteiger charge is -2.22. The average molecular weight is 282 g/mol.